The summed E-state index contributed by atoms with van der Waals surface area (Å²) in [5.74, 6) is 0. The lowest BCUT2D eigenvalue weighted by Crippen LogP contribution is -2.08. The molecule has 90 valence electrons. The van der Waals surface area contributed by atoms with Crippen LogP contribution in [-0.4, -0.2) is 4.92 Å². The van der Waals surface area contributed by atoms with Crippen molar-refractivity contribution in [3.05, 3.63) is 39.4 Å². The van der Waals surface area contributed by atoms with Gasteiger partial charge in [-0.25, -0.2) is 0 Å². The Morgan fingerprint density at radius 1 is 1.31 bits per heavy atom. The molecule has 1 aromatic rings. The van der Waals surface area contributed by atoms with Gasteiger partial charge in [0, 0.05) is 18.7 Å². The predicted molar refractivity (Wildman–Crippen MR) is 53.2 cm³/mol. The van der Waals surface area contributed by atoms with E-state index in [1.807, 2.05) is 0 Å². The molecule has 0 heterocycles. The summed E-state index contributed by atoms with van der Waals surface area (Å²) in [4.78, 5) is 9.47. The van der Waals surface area contributed by atoms with Gasteiger partial charge in [0.15, 0.2) is 0 Å². The van der Waals surface area contributed by atoms with Gasteiger partial charge >= 0.3 is 6.18 Å². The van der Waals surface area contributed by atoms with Crippen molar-refractivity contribution >= 4 is 18.1 Å². The number of alkyl halides is 3. The molecule has 0 spiro atoms. The smallest absolute Gasteiger partial charge is 0.326 e. The summed E-state index contributed by atoms with van der Waals surface area (Å²) in [6, 6.07) is 2.31. The van der Waals surface area contributed by atoms with Crippen LogP contribution in [0.1, 0.15) is 11.1 Å². The zero-order chi connectivity index (χ0) is 11.6. The Balaban J connectivity index is 0.00000225. The first-order chi connectivity index (χ1) is 6.84. The number of rotatable bonds is 2. The third-order valence-corrected chi connectivity index (χ3v) is 1.75. The Labute approximate surface area is 94.8 Å². The molecule has 0 bridgehead atoms. The Hall–Kier alpha value is -1.34. The summed E-state index contributed by atoms with van der Waals surface area (Å²) >= 11 is 0. The fourth-order valence-corrected chi connectivity index (χ4v) is 1.06. The molecular formula is C8H8ClF3N2O2. The van der Waals surface area contributed by atoms with Gasteiger partial charge in [-0.1, -0.05) is 0 Å². The molecule has 0 radical (unpaired) electrons. The molecule has 0 amide bonds. The second-order valence-corrected chi connectivity index (χ2v) is 2.85. The van der Waals surface area contributed by atoms with Crippen molar-refractivity contribution in [2.45, 2.75) is 12.7 Å². The first kappa shape index (κ1) is 14.7. The topological polar surface area (TPSA) is 69.2 Å². The van der Waals surface area contributed by atoms with Crippen molar-refractivity contribution in [1.29, 1.82) is 0 Å². The van der Waals surface area contributed by atoms with E-state index in [1.165, 1.54) is 0 Å². The zero-order valence-corrected chi connectivity index (χ0v) is 8.64. The Bertz CT molecular complexity index is 395. The van der Waals surface area contributed by atoms with E-state index in [9.17, 15) is 23.3 Å². The maximum Gasteiger partial charge on any atom is 0.416 e. The van der Waals surface area contributed by atoms with Gasteiger partial charge in [-0.15, -0.1) is 12.4 Å². The molecule has 0 saturated carbocycles. The van der Waals surface area contributed by atoms with E-state index >= 15 is 0 Å². The fourth-order valence-electron chi connectivity index (χ4n) is 1.06. The van der Waals surface area contributed by atoms with Gasteiger partial charge in [-0.2, -0.15) is 13.2 Å². The molecule has 1 aromatic carbocycles. The molecule has 0 aliphatic carbocycles. The van der Waals surface area contributed by atoms with Crippen LogP contribution in [0.2, 0.25) is 0 Å². The number of halogens is 4. The van der Waals surface area contributed by atoms with Gasteiger partial charge in [0.05, 0.1) is 10.5 Å². The average molecular weight is 257 g/mol. The molecule has 0 saturated heterocycles. The minimum atomic E-state index is -4.60. The van der Waals surface area contributed by atoms with E-state index in [2.05, 4.69) is 0 Å². The number of hydrogen-bond donors (Lipinski definition) is 1. The highest BCUT2D eigenvalue weighted by molar-refractivity contribution is 5.85. The molecule has 4 nitrogen and oxygen atoms in total. The molecular weight excluding hydrogens is 249 g/mol. The van der Waals surface area contributed by atoms with E-state index in [4.69, 9.17) is 5.73 Å². The van der Waals surface area contributed by atoms with Gasteiger partial charge in [-0.3, -0.25) is 10.1 Å². The molecule has 0 atom stereocenters. The first-order valence-corrected chi connectivity index (χ1v) is 3.90. The minimum absolute atomic E-state index is 0. The molecule has 2 N–H and O–H groups in total. The summed E-state index contributed by atoms with van der Waals surface area (Å²) in [7, 11) is 0. The van der Waals surface area contributed by atoms with E-state index < -0.39 is 22.4 Å². The predicted octanol–water partition coefficient (Wildman–Crippen LogP) is 2.49. The van der Waals surface area contributed by atoms with Crippen molar-refractivity contribution in [1.82, 2.24) is 0 Å². The first-order valence-electron chi connectivity index (χ1n) is 3.90. The molecule has 8 heteroatoms. The minimum Gasteiger partial charge on any atom is -0.326 e. The summed E-state index contributed by atoms with van der Waals surface area (Å²) in [6.45, 7) is -0.176. The molecule has 0 fully saturated rings. The van der Waals surface area contributed by atoms with Crippen LogP contribution in [-0.2, 0) is 12.7 Å². The summed E-state index contributed by atoms with van der Waals surface area (Å²) in [6.07, 6.45) is -4.60. The van der Waals surface area contributed by atoms with Crippen molar-refractivity contribution in [3.8, 4) is 0 Å². The lowest BCUT2D eigenvalue weighted by molar-refractivity contribution is -0.385. The normalized spacial score (nSPS) is 10.8. The van der Waals surface area contributed by atoms with Gasteiger partial charge in [0.25, 0.3) is 5.69 Å². The number of nitrogens with zero attached hydrogens (tertiary/aromatic N) is 1. The average Bonchev–Trinajstić information content (AvgIpc) is 2.15. The lowest BCUT2D eigenvalue weighted by Gasteiger charge is -2.07. The monoisotopic (exact) mass is 256 g/mol. The number of nitro benzene ring substituents is 1. The van der Waals surface area contributed by atoms with Crippen LogP contribution in [0.5, 0.6) is 0 Å². The van der Waals surface area contributed by atoms with Crippen LogP contribution in [0.25, 0.3) is 0 Å². The Morgan fingerprint density at radius 3 is 2.25 bits per heavy atom. The molecule has 0 unspecified atom stereocenters. The summed E-state index contributed by atoms with van der Waals surface area (Å²) < 4.78 is 36.9. The number of nitro groups is 1. The maximum absolute atomic E-state index is 12.3. The number of nitrogens with two attached hydrogens (primary N) is 1. The van der Waals surface area contributed by atoms with Gasteiger partial charge < -0.3 is 5.73 Å². The van der Waals surface area contributed by atoms with Crippen molar-refractivity contribution in [3.63, 3.8) is 0 Å². The van der Waals surface area contributed by atoms with Crippen molar-refractivity contribution in [2.75, 3.05) is 0 Å². The van der Waals surface area contributed by atoms with Crippen LogP contribution >= 0.6 is 12.4 Å². The standard InChI is InChI=1S/C8H7F3N2O2.ClH/c9-8(10,11)6-1-5(4-12)2-7(3-6)13(14)15;/h1-3H,4,12H2;1H. The highest BCUT2D eigenvalue weighted by atomic mass is 35.5. The van der Waals surface area contributed by atoms with Gasteiger partial charge in [-0.05, 0) is 11.6 Å². The van der Waals surface area contributed by atoms with Crippen molar-refractivity contribution < 1.29 is 18.1 Å². The Kier molecular flexibility index (Phi) is 4.70. The van der Waals surface area contributed by atoms with Crippen LogP contribution < -0.4 is 5.73 Å². The van der Waals surface area contributed by atoms with Crippen LogP contribution in [0.4, 0.5) is 18.9 Å². The highest BCUT2D eigenvalue weighted by Gasteiger charge is 2.32. The largest absolute Gasteiger partial charge is 0.416 e. The van der Waals surface area contributed by atoms with E-state index in [-0.39, 0.29) is 24.5 Å². The van der Waals surface area contributed by atoms with Crippen molar-refractivity contribution in [2.24, 2.45) is 5.73 Å². The number of hydrogen-bond acceptors (Lipinski definition) is 3. The van der Waals surface area contributed by atoms with Crippen LogP contribution in [0, 0.1) is 10.1 Å². The second-order valence-electron chi connectivity index (χ2n) is 2.85. The SMILES string of the molecule is Cl.NCc1cc([N+](=O)[O-])cc(C(F)(F)F)c1. The number of non-ortho nitro benzene ring substituents is 1. The second kappa shape index (κ2) is 5.13. The van der Waals surface area contributed by atoms with E-state index in [1.54, 1.807) is 0 Å². The van der Waals surface area contributed by atoms with Crippen LogP contribution in [0.3, 0.4) is 0 Å². The summed E-state index contributed by atoms with van der Waals surface area (Å²) in [5.41, 5.74) is 3.56. The molecule has 0 aliphatic rings. The molecule has 16 heavy (non-hydrogen) atoms. The Morgan fingerprint density at radius 2 is 1.88 bits per heavy atom. The molecule has 1 rings (SSSR count). The number of benzene rings is 1. The zero-order valence-electron chi connectivity index (χ0n) is 7.82. The van der Waals surface area contributed by atoms with Crippen LogP contribution in [0.15, 0.2) is 18.2 Å². The van der Waals surface area contributed by atoms with Gasteiger partial charge in [0.2, 0.25) is 0 Å². The molecule has 0 aromatic heterocycles. The molecule has 0 aliphatic heterocycles. The highest BCUT2D eigenvalue weighted by Crippen LogP contribution is 2.32. The third-order valence-electron chi connectivity index (χ3n) is 1.75. The summed E-state index contributed by atoms with van der Waals surface area (Å²) in [5, 5.41) is 10.3. The van der Waals surface area contributed by atoms with Gasteiger partial charge in [0.1, 0.15) is 0 Å². The van der Waals surface area contributed by atoms with E-state index in [0.717, 1.165) is 12.1 Å². The third kappa shape index (κ3) is 3.35. The lowest BCUT2D eigenvalue weighted by atomic mass is 10.1. The maximum atomic E-state index is 12.3. The quantitative estimate of drug-likeness (QED) is 0.653. The van der Waals surface area contributed by atoms with E-state index in [0.29, 0.717) is 6.07 Å². The fraction of sp³-hybridized carbons (Fsp3) is 0.250.